The molecule has 0 saturated carbocycles. The van der Waals surface area contributed by atoms with E-state index in [0.717, 1.165) is 30.9 Å². The van der Waals surface area contributed by atoms with E-state index in [-0.39, 0.29) is 5.56 Å². The SMILES string of the molecule is Cn1cc(Nc2cccc3c2CNCC3)ccc1=O. The number of nitrogens with one attached hydrogen (secondary N) is 2. The van der Waals surface area contributed by atoms with Crippen molar-refractivity contribution in [1.29, 1.82) is 0 Å². The minimum Gasteiger partial charge on any atom is -0.354 e. The predicted molar refractivity (Wildman–Crippen MR) is 76.8 cm³/mol. The first-order valence-corrected chi connectivity index (χ1v) is 6.49. The summed E-state index contributed by atoms with van der Waals surface area (Å²) in [6.07, 6.45) is 2.89. The number of nitrogens with zero attached hydrogens (tertiary/aromatic N) is 1. The third kappa shape index (κ3) is 2.39. The van der Waals surface area contributed by atoms with E-state index in [1.165, 1.54) is 11.1 Å². The topological polar surface area (TPSA) is 46.1 Å². The molecule has 2 heterocycles. The smallest absolute Gasteiger partial charge is 0.250 e. The fourth-order valence-electron chi connectivity index (χ4n) is 2.45. The average Bonchev–Trinajstić information content (AvgIpc) is 2.43. The van der Waals surface area contributed by atoms with Crippen molar-refractivity contribution < 1.29 is 0 Å². The molecule has 0 bridgehead atoms. The fourth-order valence-corrected chi connectivity index (χ4v) is 2.45. The minimum absolute atomic E-state index is 0.00214. The zero-order valence-corrected chi connectivity index (χ0v) is 10.9. The summed E-state index contributed by atoms with van der Waals surface area (Å²) in [4.78, 5) is 11.4. The van der Waals surface area contributed by atoms with E-state index in [4.69, 9.17) is 0 Å². The summed E-state index contributed by atoms with van der Waals surface area (Å²) in [5, 5.41) is 6.79. The Hall–Kier alpha value is -2.07. The van der Waals surface area contributed by atoms with Gasteiger partial charge in [-0.3, -0.25) is 4.79 Å². The van der Waals surface area contributed by atoms with Crippen LogP contribution in [0.1, 0.15) is 11.1 Å². The Morgan fingerprint density at radius 2 is 2.16 bits per heavy atom. The Morgan fingerprint density at radius 1 is 1.26 bits per heavy atom. The molecule has 4 heteroatoms. The molecule has 1 aromatic heterocycles. The normalized spacial score (nSPS) is 13.9. The van der Waals surface area contributed by atoms with Crippen molar-refractivity contribution in [3.8, 4) is 0 Å². The van der Waals surface area contributed by atoms with E-state index < -0.39 is 0 Å². The maximum Gasteiger partial charge on any atom is 0.250 e. The highest BCUT2D eigenvalue weighted by atomic mass is 16.1. The van der Waals surface area contributed by atoms with Crippen LogP contribution >= 0.6 is 0 Å². The number of anilines is 2. The molecule has 98 valence electrons. The maximum atomic E-state index is 11.4. The lowest BCUT2D eigenvalue weighted by molar-refractivity contribution is 0.645. The van der Waals surface area contributed by atoms with Crippen LogP contribution in [0.3, 0.4) is 0 Å². The lowest BCUT2D eigenvalue weighted by atomic mass is 9.99. The Kier molecular flexibility index (Phi) is 3.09. The van der Waals surface area contributed by atoms with Crippen molar-refractivity contribution in [1.82, 2.24) is 9.88 Å². The molecule has 4 nitrogen and oxygen atoms in total. The summed E-state index contributed by atoms with van der Waals surface area (Å²) < 4.78 is 1.58. The second-order valence-electron chi connectivity index (χ2n) is 4.86. The molecule has 0 unspecified atom stereocenters. The average molecular weight is 255 g/mol. The lowest BCUT2D eigenvalue weighted by Crippen LogP contribution is -2.24. The molecular weight excluding hydrogens is 238 g/mol. The van der Waals surface area contributed by atoms with Crippen LogP contribution in [0.25, 0.3) is 0 Å². The van der Waals surface area contributed by atoms with E-state index in [2.05, 4.69) is 28.8 Å². The number of aryl methyl sites for hydroxylation is 1. The standard InChI is InChI=1S/C15H17N3O/c1-18-10-12(5-6-15(18)19)17-14-4-2-3-11-7-8-16-9-13(11)14/h2-6,10,16-17H,7-9H2,1H3. The van der Waals surface area contributed by atoms with Gasteiger partial charge in [-0.2, -0.15) is 0 Å². The molecule has 1 aliphatic heterocycles. The van der Waals surface area contributed by atoms with Gasteiger partial charge in [-0.05, 0) is 36.2 Å². The zero-order valence-electron chi connectivity index (χ0n) is 10.9. The molecule has 1 aliphatic rings. The lowest BCUT2D eigenvalue weighted by Gasteiger charge is -2.21. The molecule has 0 amide bonds. The van der Waals surface area contributed by atoms with Gasteiger partial charge in [-0.1, -0.05) is 12.1 Å². The maximum absolute atomic E-state index is 11.4. The van der Waals surface area contributed by atoms with E-state index in [1.807, 2.05) is 12.3 Å². The number of benzene rings is 1. The number of hydrogen-bond donors (Lipinski definition) is 2. The highest BCUT2D eigenvalue weighted by Crippen LogP contribution is 2.25. The van der Waals surface area contributed by atoms with Gasteiger partial charge in [0.25, 0.3) is 0 Å². The summed E-state index contributed by atoms with van der Waals surface area (Å²) >= 11 is 0. The molecule has 3 rings (SSSR count). The van der Waals surface area contributed by atoms with Crippen LogP contribution in [0, 0.1) is 0 Å². The summed E-state index contributed by atoms with van der Waals surface area (Å²) in [5.74, 6) is 0. The molecule has 0 radical (unpaired) electrons. The summed E-state index contributed by atoms with van der Waals surface area (Å²) in [7, 11) is 1.76. The van der Waals surface area contributed by atoms with E-state index >= 15 is 0 Å². The Labute approximate surface area is 112 Å². The Balaban J connectivity index is 1.95. The Bertz CT molecular complexity index is 661. The number of rotatable bonds is 2. The second-order valence-corrected chi connectivity index (χ2v) is 4.86. The van der Waals surface area contributed by atoms with Crippen molar-refractivity contribution in [2.24, 2.45) is 7.05 Å². The highest BCUT2D eigenvalue weighted by molar-refractivity contribution is 5.64. The van der Waals surface area contributed by atoms with Gasteiger partial charge < -0.3 is 15.2 Å². The zero-order chi connectivity index (χ0) is 13.2. The first-order valence-electron chi connectivity index (χ1n) is 6.49. The molecule has 2 N–H and O–H groups in total. The molecule has 1 aromatic carbocycles. The molecule has 0 spiro atoms. The van der Waals surface area contributed by atoms with Gasteiger partial charge in [0.1, 0.15) is 0 Å². The van der Waals surface area contributed by atoms with Gasteiger partial charge in [-0.15, -0.1) is 0 Å². The quantitative estimate of drug-likeness (QED) is 0.859. The largest absolute Gasteiger partial charge is 0.354 e. The van der Waals surface area contributed by atoms with Crippen molar-refractivity contribution in [3.05, 3.63) is 58.0 Å². The number of fused-ring (bicyclic) bond motifs is 1. The predicted octanol–water partition coefficient (Wildman–Crippen LogP) is 1.77. The van der Waals surface area contributed by atoms with E-state index in [0.29, 0.717) is 0 Å². The van der Waals surface area contributed by atoms with Crippen molar-refractivity contribution in [2.45, 2.75) is 13.0 Å². The van der Waals surface area contributed by atoms with Crippen molar-refractivity contribution in [2.75, 3.05) is 11.9 Å². The molecule has 2 aromatic rings. The van der Waals surface area contributed by atoms with Gasteiger partial charge in [0.15, 0.2) is 0 Å². The Morgan fingerprint density at radius 3 is 3.00 bits per heavy atom. The molecule has 0 saturated heterocycles. The van der Waals surface area contributed by atoms with Gasteiger partial charge in [0, 0.05) is 31.5 Å². The van der Waals surface area contributed by atoms with Crippen LogP contribution in [-0.4, -0.2) is 11.1 Å². The summed E-state index contributed by atoms with van der Waals surface area (Å²) in [5.41, 5.74) is 4.77. The van der Waals surface area contributed by atoms with Crippen molar-refractivity contribution in [3.63, 3.8) is 0 Å². The monoisotopic (exact) mass is 255 g/mol. The van der Waals surface area contributed by atoms with Crippen LogP contribution < -0.4 is 16.2 Å². The minimum atomic E-state index is 0.00214. The molecule has 0 aliphatic carbocycles. The highest BCUT2D eigenvalue weighted by Gasteiger charge is 2.12. The second kappa shape index (κ2) is 4.90. The first kappa shape index (κ1) is 12.0. The van der Waals surface area contributed by atoms with Crippen molar-refractivity contribution >= 4 is 11.4 Å². The van der Waals surface area contributed by atoms with Gasteiger partial charge in [-0.25, -0.2) is 0 Å². The summed E-state index contributed by atoms with van der Waals surface area (Å²) in [6, 6.07) is 9.74. The summed E-state index contributed by atoms with van der Waals surface area (Å²) in [6.45, 7) is 1.93. The van der Waals surface area contributed by atoms with E-state index in [9.17, 15) is 4.79 Å². The number of hydrogen-bond acceptors (Lipinski definition) is 3. The molecule has 0 atom stereocenters. The van der Waals surface area contributed by atoms with Gasteiger partial charge >= 0.3 is 0 Å². The van der Waals surface area contributed by atoms with Crippen LogP contribution in [0.5, 0.6) is 0 Å². The molecular formula is C15H17N3O. The fraction of sp³-hybridized carbons (Fsp3) is 0.267. The van der Waals surface area contributed by atoms with Crippen LogP contribution in [-0.2, 0) is 20.0 Å². The number of aromatic nitrogens is 1. The third-order valence-corrected chi connectivity index (χ3v) is 3.51. The molecule has 0 fully saturated rings. The van der Waals surface area contributed by atoms with Gasteiger partial charge in [0.05, 0.1) is 5.69 Å². The molecule has 19 heavy (non-hydrogen) atoms. The van der Waals surface area contributed by atoms with Crippen LogP contribution in [0.4, 0.5) is 11.4 Å². The van der Waals surface area contributed by atoms with Gasteiger partial charge in [0.2, 0.25) is 5.56 Å². The van der Waals surface area contributed by atoms with Crippen LogP contribution in [0.2, 0.25) is 0 Å². The third-order valence-electron chi connectivity index (χ3n) is 3.51. The van der Waals surface area contributed by atoms with E-state index in [1.54, 1.807) is 17.7 Å². The van der Waals surface area contributed by atoms with Crippen LogP contribution in [0.15, 0.2) is 41.3 Å². The first-order chi connectivity index (χ1) is 9.24. The number of pyridine rings is 1.